The van der Waals surface area contributed by atoms with E-state index in [9.17, 15) is 14.3 Å². The molecule has 0 saturated carbocycles. The average molecular weight is 339 g/mol. The van der Waals surface area contributed by atoms with E-state index < -0.39 is 6.10 Å². The van der Waals surface area contributed by atoms with Crippen LogP contribution in [0.4, 0.5) is 4.39 Å². The number of aromatic nitrogens is 2. The number of rotatable bonds is 2. The van der Waals surface area contributed by atoms with E-state index in [0.717, 1.165) is 11.1 Å². The summed E-state index contributed by atoms with van der Waals surface area (Å²) >= 11 is 0. The fourth-order valence-electron chi connectivity index (χ4n) is 3.37. The first kappa shape index (κ1) is 15.8. The lowest BCUT2D eigenvalue weighted by atomic mass is 10.0. The largest absolute Gasteiger partial charge is 0.391 e. The summed E-state index contributed by atoms with van der Waals surface area (Å²) in [5.41, 5.74) is 2.93. The van der Waals surface area contributed by atoms with Crippen LogP contribution < -0.4 is 0 Å². The lowest BCUT2D eigenvalue weighted by molar-refractivity contribution is 0.0710. The van der Waals surface area contributed by atoms with E-state index in [0.29, 0.717) is 17.8 Å². The number of hydrogen-bond acceptors (Lipinski definition) is 3. The van der Waals surface area contributed by atoms with Gasteiger partial charge < -0.3 is 14.4 Å². The molecule has 6 heteroatoms. The minimum Gasteiger partial charge on any atom is -0.391 e. The molecule has 3 heterocycles. The molecular formula is C19H18FN3O2. The molecule has 5 nitrogen and oxygen atoms in total. The van der Waals surface area contributed by atoms with Gasteiger partial charge in [-0.15, -0.1) is 0 Å². The molecule has 2 atom stereocenters. The highest BCUT2D eigenvalue weighted by molar-refractivity contribution is 5.93. The maximum absolute atomic E-state index is 13.2. The van der Waals surface area contributed by atoms with E-state index in [4.69, 9.17) is 0 Å². The number of carbonyl (C=O) groups excluding carboxylic acids is 1. The van der Waals surface area contributed by atoms with Crippen LogP contribution in [0.15, 0.2) is 48.8 Å². The minimum atomic E-state index is -0.599. The fraction of sp³-hybridized carbons (Fsp3) is 0.263. The molecule has 128 valence electrons. The van der Waals surface area contributed by atoms with Crippen molar-refractivity contribution in [1.82, 2.24) is 14.3 Å². The van der Waals surface area contributed by atoms with Crippen molar-refractivity contribution in [3.8, 4) is 0 Å². The summed E-state index contributed by atoms with van der Waals surface area (Å²) in [5, 5.41) is 10.1. The number of aryl methyl sites for hydroxylation is 1. The Hall–Kier alpha value is -2.73. The highest BCUT2D eigenvalue weighted by atomic mass is 19.1. The van der Waals surface area contributed by atoms with Crippen LogP contribution in [0.25, 0.3) is 5.65 Å². The molecule has 2 aromatic heterocycles. The molecule has 0 radical (unpaired) electrons. The van der Waals surface area contributed by atoms with Crippen molar-refractivity contribution in [1.29, 1.82) is 0 Å². The molecule has 0 aliphatic carbocycles. The number of amides is 1. The Balaban J connectivity index is 1.67. The second-order valence-corrected chi connectivity index (χ2v) is 6.51. The number of hydrogen-bond donors (Lipinski definition) is 1. The van der Waals surface area contributed by atoms with Gasteiger partial charge in [0.25, 0.3) is 5.91 Å². The van der Waals surface area contributed by atoms with Crippen molar-refractivity contribution in [2.24, 2.45) is 0 Å². The summed E-state index contributed by atoms with van der Waals surface area (Å²) in [5.74, 6) is -0.553. The average Bonchev–Trinajstić information content (AvgIpc) is 3.18. The van der Waals surface area contributed by atoms with Crippen LogP contribution in [-0.4, -0.2) is 37.9 Å². The maximum Gasteiger partial charge on any atom is 0.274 e. The Morgan fingerprint density at radius 3 is 2.80 bits per heavy atom. The van der Waals surface area contributed by atoms with E-state index in [2.05, 4.69) is 4.98 Å². The summed E-state index contributed by atoms with van der Waals surface area (Å²) in [4.78, 5) is 19.0. The molecule has 25 heavy (non-hydrogen) atoms. The van der Waals surface area contributed by atoms with Crippen molar-refractivity contribution in [3.05, 3.63) is 71.4 Å². The highest BCUT2D eigenvalue weighted by Gasteiger charge is 2.36. The number of benzene rings is 1. The molecule has 1 saturated heterocycles. The summed E-state index contributed by atoms with van der Waals surface area (Å²) in [6.07, 6.45) is 3.40. The molecule has 0 bridgehead atoms. The Morgan fingerprint density at radius 1 is 1.28 bits per heavy atom. The molecule has 1 N–H and O–H groups in total. The van der Waals surface area contributed by atoms with Gasteiger partial charge in [-0.1, -0.05) is 12.1 Å². The van der Waals surface area contributed by atoms with Gasteiger partial charge in [-0.2, -0.15) is 0 Å². The quantitative estimate of drug-likeness (QED) is 0.781. The molecule has 0 spiro atoms. The Labute approximate surface area is 144 Å². The zero-order valence-corrected chi connectivity index (χ0v) is 13.8. The third-order valence-corrected chi connectivity index (χ3v) is 4.63. The molecule has 1 aromatic carbocycles. The number of aliphatic hydroxyl groups is 1. The summed E-state index contributed by atoms with van der Waals surface area (Å²) in [7, 11) is 0. The van der Waals surface area contributed by atoms with E-state index in [1.807, 2.05) is 25.3 Å². The topological polar surface area (TPSA) is 57.8 Å². The number of likely N-dealkylation sites (tertiary alicyclic amines) is 1. The predicted octanol–water partition coefficient (Wildman–Crippen LogP) is 2.73. The molecule has 1 aliphatic heterocycles. The summed E-state index contributed by atoms with van der Waals surface area (Å²) in [6.45, 7) is 2.21. The van der Waals surface area contributed by atoms with Crippen molar-refractivity contribution in [2.45, 2.75) is 25.5 Å². The van der Waals surface area contributed by atoms with E-state index in [-0.39, 0.29) is 24.3 Å². The minimum absolute atomic E-state index is 0.229. The molecular weight excluding hydrogens is 321 g/mol. The van der Waals surface area contributed by atoms with Crippen molar-refractivity contribution < 1.29 is 14.3 Å². The number of fused-ring (bicyclic) bond motifs is 1. The second-order valence-electron chi connectivity index (χ2n) is 6.51. The number of nitrogens with zero attached hydrogens (tertiary/aromatic N) is 3. The lowest BCUT2D eigenvalue weighted by Gasteiger charge is -2.24. The molecule has 1 amide bonds. The van der Waals surface area contributed by atoms with Crippen LogP contribution in [-0.2, 0) is 0 Å². The van der Waals surface area contributed by atoms with Gasteiger partial charge in [0.2, 0.25) is 0 Å². The standard InChI is InChI=1S/C19H18FN3O2/c1-12-6-7-22-11-16(21-18(22)8-12)19(25)23-10-15(24)9-17(23)13-2-4-14(20)5-3-13/h2-8,11,15,17,24H,9-10H2,1H3/t15-,17+/m0/s1. The van der Waals surface area contributed by atoms with Crippen LogP contribution in [0.2, 0.25) is 0 Å². The first-order valence-electron chi connectivity index (χ1n) is 8.21. The number of β-amino-alcohol motifs (C(OH)–C–C–N with tert-alkyl or cyclic N) is 1. The number of aliphatic hydroxyl groups excluding tert-OH is 1. The zero-order valence-electron chi connectivity index (χ0n) is 13.8. The molecule has 4 rings (SSSR count). The van der Waals surface area contributed by atoms with Crippen LogP contribution in [0, 0.1) is 12.7 Å². The number of carbonyl (C=O) groups is 1. The van der Waals surface area contributed by atoms with Gasteiger partial charge in [0.15, 0.2) is 0 Å². The van der Waals surface area contributed by atoms with Gasteiger partial charge in [0, 0.05) is 18.9 Å². The number of halogens is 1. The predicted molar refractivity (Wildman–Crippen MR) is 90.7 cm³/mol. The van der Waals surface area contributed by atoms with Crippen molar-refractivity contribution in [2.75, 3.05) is 6.54 Å². The lowest BCUT2D eigenvalue weighted by Crippen LogP contribution is -2.32. The van der Waals surface area contributed by atoms with Crippen molar-refractivity contribution in [3.63, 3.8) is 0 Å². The Morgan fingerprint density at radius 2 is 2.04 bits per heavy atom. The SMILES string of the molecule is Cc1ccn2cc(C(=O)N3C[C@@H](O)C[C@@H]3c3ccc(F)cc3)nc2c1. The molecule has 0 unspecified atom stereocenters. The zero-order chi connectivity index (χ0) is 17.6. The van der Waals surface area contributed by atoms with Gasteiger partial charge >= 0.3 is 0 Å². The van der Waals surface area contributed by atoms with Gasteiger partial charge in [-0.25, -0.2) is 9.37 Å². The van der Waals surface area contributed by atoms with Gasteiger partial charge in [0.1, 0.15) is 17.2 Å². The molecule has 1 fully saturated rings. The number of imidazole rings is 1. The monoisotopic (exact) mass is 339 g/mol. The smallest absolute Gasteiger partial charge is 0.274 e. The Bertz CT molecular complexity index is 935. The third kappa shape index (κ3) is 2.89. The normalized spacial score (nSPS) is 20.4. The molecule has 1 aliphatic rings. The van der Waals surface area contributed by atoms with Crippen molar-refractivity contribution >= 4 is 11.6 Å². The van der Waals surface area contributed by atoms with E-state index >= 15 is 0 Å². The van der Waals surface area contributed by atoms with Crippen LogP contribution in [0.3, 0.4) is 0 Å². The van der Waals surface area contributed by atoms with Gasteiger partial charge in [-0.3, -0.25) is 4.79 Å². The van der Waals surface area contributed by atoms with Crippen LogP contribution >= 0.6 is 0 Å². The van der Waals surface area contributed by atoms with Crippen LogP contribution in [0.1, 0.15) is 34.1 Å². The summed E-state index contributed by atoms with van der Waals surface area (Å²) < 4.78 is 15.0. The first-order valence-corrected chi connectivity index (χ1v) is 8.21. The first-order chi connectivity index (χ1) is 12.0. The Kier molecular flexibility index (Phi) is 3.77. The van der Waals surface area contributed by atoms with Gasteiger partial charge in [-0.05, 0) is 48.7 Å². The van der Waals surface area contributed by atoms with Gasteiger partial charge in [0.05, 0.1) is 12.1 Å². The second kappa shape index (κ2) is 5.97. The van der Waals surface area contributed by atoms with E-state index in [1.54, 1.807) is 27.6 Å². The number of pyridine rings is 1. The fourth-order valence-corrected chi connectivity index (χ4v) is 3.37. The van der Waals surface area contributed by atoms with Crippen LogP contribution in [0.5, 0.6) is 0 Å². The highest BCUT2D eigenvalue weighted by Crippen LogP contribution is 2.33. The summed E-state index contributed by atoms with van der Waals surface area (Å²) in [6, 6.07) is 9.63. The van der Waals surface area contributed by atoms with E-state index in [1.165, 1.54) is 12.1 Å². The maximum atomic E-state index is 13.2. The molecule has 3 aromatic rings. The third-order valence-electron chi connectivity index (χ3n) is 4.63.